The Morgan fingerprint density at radius 1 is 1.29 bits per heavy atom. The van der Waals surface area contributed by atoms with Gasteiger partial charge in [-0.05, 0) is 42.4 Å². The van der Waals surface area contributed by atoms with E-state index in [9.17, 15) is 0 Å². The van der Waals surface area contributed by atoms with Crippen LogP contribution < -0.4 is 0 Å². The maximum Gasteiger partial charge on any atom is 0.0435 e. The van der Waals surface area contributed by atoms with Gasteiger partial charge in [0.1, 0.15) is 0 Å². The molecule has 1 aromatic carbocycles. The number of halogens is 1. The second-order valence-corrected chi connectivity index (χ2v) is 4.93. The fraction of sp³-hybridized carbons (Fsp3) is 0.538. The van der Waals surface area contributed by atoms with E-state index >= 15 is 0 Å². The van der Waals surface area contributed by atoms with Crippen molar-refractivity contribution in [2.75, 3.05) is 0 Å². The molecule has 76 valence electrons. The van der Waals surface area contributed by atoms with Gasteiger partial charge in [-0.3, -0.25) is 0 Å². The number of aryl methyl sites for hydroxylation is 1. The Kier molecular flexibility index (Phi) is 2.83. The molecule has 1 heteroatoms. The average molecular weight is 209 g/mol. The Hall–Kier alpha value is -0.490. The van der Waals surface area contributed by atoms with Crippen LogP contribution >= 0.6 is 11.6 Å². The lowest BCUT2D eigenvalue weighted by Gasteiger charge is -2.16. The molecule has 2 unspecified atom stereocenters. The highest BCUT2D eigenvalue weighted by Crippen LogP contribution is 2.39. The highest BCUT2D eigenvalue weighted by atomic mass is 35.5. The largest absolute Gasteiger partial charge is 0.0841 e. The second kappa shape index (κ2) is 3.94. The highest BCUT2D eigenvalue weighted by Gasteiger charge is 2.24. The fourth-order valence-electron chi connectivity index (χ4n) is 2.54. The molecule has 0 aliphatic heterocycles. The van der Waals surface area contributed by atoms with Crippen molar-refractivity contribution in [1.29, 1.82) is 0 Å². The van der Waals surface area contributed by atoms with Crippen LogP contribution in [0, 0.1) is 12.8 Å². The molecule has 0 nitrogen and oxygen atoms in total. The number of rotatable bonds is 1. The minimum absolute atomic E-state index is 0.769. The van der Waals surface area contributed by atoms with Crippen LogP contribution in [0.25, 0.3) is 0 Å². The van der Waals surface area contributed by atoms with E-state index in [1.807, 2.05) is 6.07 Å². The number of benzene rings is 1. The van der Waals surface area contributed by atoms with Gasteiger partial charge >= 0.3 is 0 Å². The molecule has 0 N–H and O–H groups in total. The molecule has 0 spiro atoms. The van der Waals surface area contributed by atoms with Crippen LogP contribution in [0.2, 0.25) is 5.02 Å². The first-order valence-electron chi connectivity index (χ1n) is 5.44. The molecule has 14 heavy (non-hydrogen) atoms. The van der Waals surface area contributed by atoms with Gasteiger partial charge in [0.05, 0.1) is 0 Å². The molecular formula is C13H17Cl. The van der Waals surface area contributed by atoms with E-state index in [1.165, 1.54) is 30.4 Å². The zero-order chi connectivity index (χ0) is 10.1. The molecule has 1 fully saturated rings. The van der Waals surface area contributed by atoms with E-state index in [2.05, 4.69) is 26.0 Å². The molecule has 0 radical (unpaired) electrons. The van der Waals surface area contributed by atoms with Crippen LogP contribution in [-0.2, 0) is 0 Å². The second-order valence-electron chi connectivity index (χ2n) is 4.52. The summed E-state index contributed by atoms with van der Waals surface area (Å²) in [6.07, 6.45) is 4.11. The van der Waals surface area contributed by atoms with Crippen molar-refractivity contribution in [2.24, 2.45) is 5.92 Å². The molecular weight excluding hydrogens is 192 g/mol. The van der Waals surface area contributed by atoms with Gasteiger partial charge in [-0.1, -0.05) is 43.5 Å². The Bertz CT molecular complexity index is 330. The first kappa shape index (κ1) is 10.0. The molecule has 1 aliphatic rings. The van der Waals surface area contributed by atoms with Gasteiger partial charge in [-0.2, -0.15) is 0 Å². The zero-order valence-electron chi connectivity index (χ0n) is 8.89. The molecule has 2 rings (SSSR count). The van der Waals surface area contributed by atoms with E-state index in [0.717, 1.165) is 16.9 Å². The maximum atomic E-state index is 6.02. The van der Waals surface area contributed by atoms with Gasteiger partial charge in [0.15, 0.2) is 0 Å². The molecule has 0 heterocycles. The topological polar surface area (TPSA) is 0 Å². The van der Waals surface area contributed by atoms with E-state index in [0.29, 0.717) is 0 Å². The molecule has 1 aromatic rings. The van der Waals surface area contributed by atoms with E-state index in [4.69, 9.17) is 11.6 Å². The van der Waals surface area contributed by atoms with Crippen molar-refractivity contribution >= 4 is 11.6 Å². The third-order valence-electron chi connectivity index (χ3n) is 3.47. The Morgan fingerprint density at radius 2 is 2.07 bits per heavy atom. The van der Waals surface area contributed by atoms with Gasteiger partial charge in [0, 0.05) is 5.02 Å². The van der Waals surface area contributed by atoms with Crippen molar-refractivity contribution in [3.63, 3.8) is 0 Å². The average Bonchev–Trinajstić information content (AvgIpc) is 2.57. The monoisotopic (exact) mass is 208 g/mol. The summed E-state index contributed by atoms with van der Waals surface area (Å²) in [6, 6.07) is 6.49. The minimum atomic E-state index is 0.769. The Morgan fingerprint density at radius 3 is 2.64 bits per heavy atom. The van der Waals surface area contributed by atoms with Crippen molar-refractivity contribution < 1.29 is 0 Å². The quantitative estimate of drug-likeness (QED) is 0.635. The van der Waals surface area contributed by atoms with Crippen LogP contribution in [0.15, 0.2) is 18.2 Å². The Balaban J connectivity index is 2.28. The van der Waals surface area contributed by atoms with Gasteiger partial charge in [0.25, 0.3) is 0 Å². The summed E-state index contributed by atoms with van der Waals surface area (Å²) in [5, 5.41) is 0.888. The summed E-state index contributed by atoms with van der Waals surface area (Å²) < 4.78 is 0. The van der Waals surface area contributed by atoms with Gasteiger partial charge in [0.2, 0.25) is 0 Å². The van der Waals surface area contributed by atoms with Crippen LogP contribution in [-0.4, -0.2) is 0 Å². The standard InChI is InChI=1S/C13H17Cl/c1-9-4-3-5-12(9)11-6-7-13(14)10(2)8-11/h6-9,12H,3-5H2,1-2H3. The first-order chi connectivity index (χ1) is 6.68. The predicted molar refractivity (Wildman–Crippen MR) is 61.9 cm³/mol. The van der Waals surface area contributed by atoms with E-state index in [-0.39, 0.29) is 0 Å². The van der Waals surface area contributed by atoms with E-state index in [1.54, 1.807) is 0 Å². The van der Waals surface area contributed by atoms with Gasteiger partial charge in [-0.15, -0.1) is 0 Å². The summed E-state index contributed by atoms with van der Waals surface area (Å²) in [5.41, 5.74) is 2.69. The van der Waals surface area contributed by atoms with Crippen molar-refractivity contribution in [3.05, 3.63) is 34.3 Å². The fourth-order valence-corrected chi connectivity index (χ4v) is 2.66. The molecule has 1 saturated carbocycles. The molecule has 0 bridgehead atoms. The lowest BCUT2D eigenvalue weighted by atomic mass is 9.89. The van der Waals surface area contributed by atoms with Gasteiger partial charge in [-0.25, -0.2) is 0 Å². The summed E-state index contributed by atoms with van der Waals surface area (Å²) in [5.74, 6) is 1.61. The predicted octanol–water partition coefficient (Wildman–Crippen LogP) is 4.55. The highest BCUT2D eigenvalue weighted by molar-refractivity contribution is 6.31. The minimum Gasteiger partial charge on any atom is -0.0841 e. The summed E-state index contributed by atoms with van der Waals surface area (Å²) in [4.78, 5) is 0. The zero-order valence-corrected chi connectivity index (χ0v) is 9.64. The van der Waals surface area contributed by atoms with E-state index < -0.39 is 0 Å². The smallest absolute Gasteiger partial charge is 0.0435 e. The maximum absolute atomic E-state index is 6.02. The van der Waals surface area contributed by atoms with Gasteiger partial charge < -0.3 is 0 Å². The molecule has 0 saturated heterocycles. The third-order valence-corrected chi connectivity index (χ3v) is 3.90. The number of hydrogen-bond acceptors (Lipinski definition) is 0. The molecule has 1 aliphatic carbocycles. The SMILES string of the molecule is Cc1cc(C2CCCC2C)ccc1Cl. The van der Waals surface area contributed by atoms with Crippen molar-refractivity contribution in [1.82, 2.24) is 0 Å². The van der Waals surface area contributed by atoms with Crippen LogP contribution in [0.1, 0.15) is 43.2 Å². The van der Waals surface area contributed by atoms with Crippen molar-refractivity contribution in [2.45, 2.75) is 39.0 Å². The molecule has 0 aromatic heterocycles. The first-order valence-corrected chi connectivity index (χ1v) is 5.82. The summed E-state index contributed by atoms with van der Waals surface area (Å²) in [7, 11) is 0. The van der Waals surface area contributed by atoms with Crippen LogP contribution in [0.3, 0.4) is 0 Å². The summed E-state index contributed by atoms with van der Waals surface area (Å²) >= 11 is 6.02. The van der Waals surface area contributed by atoms with Crippen LogP contribution in [0.5, 0.6) is 0 Å². The lowest BCUT2D eigenvalue weighted by Crippen LogP contribution is -2.02. The molecule has 2 atom stereocenters. The van der Waals surface area contributed by atoms with Crippen molar-refractivity contribution in [3.8, 4) is 0 Å². The third kappa shape index (κ3) is 1.81. The normalized spacial score (nSPS) is 26.8. The lowest BCUT2D eigenvalue weighted by molar-refractivity contribution is 0.533. The Labute approximate surface area is 91.3 Å². The molecule has 0 amide bonds. The van der Waals surface area contributed by atoms with Crippen LogP contribution in [0.4, 0.5) is 0 Å². The summed E-state index contributed by atoms with van der Waals surface area (Å²) in [6.45, 7) is 4.45. The number of hydrogen-bond donors (Lipinski definition) is 0.